The average Bonchev–Trinajstić information content (AvgIpc) is 2.41. The fourth-order valence-corrected chi connectivity index (χ4v) is 3.50. The minimum Gasteiger partial charge on any atom is -0.271 e. The summed E-state index contributed by atoms with van der Waals surface area (Å²) in [6, 6.07) is 6.95. The van der Waals surface area contributed by atoms with Crippen LogP contribution in [0.3, 0.4) is 0 Å². The molecule has 0 spiro atoms. The summed E-state index contributed by atoms with van der Waals surface area (Å²) in [5, 5.41) is 0. The standard InChI is InChI=1S/C16H24N2O2S/c1-21(19,20)15-11-7-10-14(12-15)16(18-17)13-8-5-3-2-4-6-9-13/h7-8,10-12,16,18H,2-6,9,17H2,1H3/b13-8+. The first-order chi connectivity index (χ1) is 10.0. The van der Waals surface area contributed by atoms with Crippen molar-refractivity contribution in [1.29, 1.82) is 0 Å². The molecule has 2 rings (SSSR count). The van der Waals surface area contributed by atoms with Crippen LogP contribution < -0.4 is 11.3 Å². The molecular weight excluding hydrogens is 284 g/mol. The lowest BCUT2D eigenvalue weighted by Crippen LogP contribution is -2.29. The van der Waals surface area contributed by atoms with E-state index in [2.05, 4.69) is 11.5 Å². The van der Waals surface area contributed by atoms with Crippen LogP contribution in [0.1, 0.15) is 50.1 Å². The predicted octanol–water partition coefficient (Wildman–Crippen LogP) is 2.88. The van der Waals surface area contributed by atoms with Crippen molar-refractivity contribution < 1.29 is 8.42 Å². The second-order valence-corrected chi connectivity index (χ2v) is 7.69. The van der Waals surface area contributed by atoms with Crippen LogP contribution in [0, 0.1) is 0 Å². The third-order valence-corrected chi connectivity index (χ3v) is 5.09. The fourth-order valence-electron chi connectivity index (χ4n) is 2.82. The third-order valence-electron chi connectivity index (χ3n) is 3.98. The van der Waals surface area contributed by atoms with Gasteiger partial charge in [-0.25, -0.2) is 13.8 Å². The van der Waals surface area contributed by atoms with Gasteiger partial charge in [-0.3, -0.25) is 5.84 Å². The van der Waals surface area contributed by atoms with Gasteiger partial charge in [0.1, 0.15) is 0 Å². The van der Waals surface area contributed by atoms with Gasteiger partial charge < -0.3 is 0 Å². The number of hydrogen-bond donors (Lipinski definition) is 2. The molecule has 4 nitrogen and oxygen atoms in total. The van der Waals surface area contributed by atoms with Crippen LogP contribution in [0.15, 0.2) is 40.8 Å². The second kappa shape index (κ2) is 7.20. The zero-order valence-electron chi connectivity index (χ0n) is 12.5. The van der Waals surface area contributed by atoms with Gasteiger partial charge in [-0.15, -0.1) is 0 Å². The lowest BCUT2D eigenvalue weighted by molar-refractivity contribution is 0.554. The maximum atomic E-state index is 11.7. The van der Waals surface area contributed by atoms with Crippen LogP contribution in [0.5, 0.6) is 0 Å². The van der Waals surface area contributed by atoms with Crippen molar-refractivity contribution >= 4 is 9.84 Å². The van der Waals surface area contributed by atoms with Gasteiger partial charge in [0.15, 0.2) is 9.84 Å². The largest absolute Gasteiger partial charge is 0.271 e. The Morgan fingerprint density at radius 3 is 2.67 bits per heavy atom. The van der Waals surface area contributed by atoms with Crippen molar-refractivity contribution in [3.05, 3.63) is 41.5 Å². The highest BCUT2D eigenvalue weighted by molar-refractivity contribution is 7.90. The smallest absolute Gasteiger partial charge is 0.175 e. The molecule has 0 saturated carbocycles. The van der Waals surface area contributed by atoms with Crippen LogP contribution in [-0.2, 0) is 9.84 Å². The molecule has 5 heteroatoms. The van der Waals surface area contributed by atoms with Crippen LogP contribution in [-0.4, -0.2) is 14.7 Å². The van der Waals surface area contributed by atoms with Gasteiger partial charge in [0.05, 0.1) is 10.9 Å². The van der Waals surface area contributed by atoms with Gasteiger partial charge >= 0.3 is 0 Å². The normalized spacial score (nSPS) is 21.0. The van der Waals surface area contributed by atoms with Gasteiger partial charge in [0.2, 0.25) is 0 Å². The lowest BCUT2D eigenvalue weighted by atomic mass is 9.91. The zero-order chi connectivity index (χ0) is 15.3. The quantitative estimate of drug-likeness (QED) is 0.510. The minimum atomic E-state index is -3.20. The van der Waals surface area contributed by atoms with Gasteiger partial charge in [0.25, 0.3) is 0 Å². The van der Waals surface area contributed by atoms with E-state index < -0.39 is 9.84 Å². The molecule has 1 aliphatic carbocycles. The summed E-state index contributed by atoms with van der Waals surface area (Å²) < 4.78 is 23.4. The number of hydrazine groups is 1. The third kappa shape index (κ3) is 4.40. The Morgan fingerprint density at radius 1 is 1.19 bits per heavy atom. The monoisotopic (exact) mass is 308 g/mol. The van der Waals surface area contributed by atoms with Gasteiger partial charge in [-0.05, 0) is 43.4 Å². The van der Waals surface area contributed by atoms with Gasteiger partial charge in [-0.2, -0.15) is 0 Å². The molecule has 0 bridgehead atoms. The fraction of sp³-hybridized carbons (Fsp3) is 0.500. The molecule has 1 aromatic carbocycles. The summed E-state index contributed by atoms with van der Waals surface area (Å²) in [5.41, 5.74) is 5.03. The SMILES string of the molecule is CS(=O)(=O)c1cccc(C(NN)/C2=C/CCCCCC2)c1. The van der Waals surface area contributed by atoms with Crippen molar-refractivity contribution in [2.24, 2.45) is 5.84 Å². The van der Waals surface area contributed by atoms with E-state index >= 15 is 0 Å². The predicted molar refractivity (Wildman–Crippen MR) is 85.4 cm³/mol. The maximum Gasteiger partial charge on any atom is 0.175 e. The Hall–Kier alpha value is -1.17. The average molecular weight is 308 g/mol. The van der Waals surface area contributed by atoms with Crippen molar-refractivity contribution in [1.82, 2.24) is 5.43 Å². The molecule has 116 valence electrons. The zero-order valence-corrected chi connectivity index (χ0v) is 13.3. The molecule has 1 aromatic rings. The van der Waals surface area contributed by atoms with Crippen molar-refractivity contribution in [3.8, 4) is 0 Å². The van der Waals surface area contributed by atoms with E-state index in [4.69, 9.17) is 5.84 Å². The number of benzene rings is 1. The molecular formula is C16H24N2O2S. The molecule has 0 amide bonds. The molecule has 0 fully saturated rings. The van der Waals surface area contributed by atoms with Crippen LogP contribution in [0.25, 0.3) is 0 Å². The minimum absolute atomic E-state index is 0.107. The van der Waals surface area contributed by atoms with Crippen molar-refractivity contribution in [2.75, 3.05) is 6.26 Å². The Bertz CT molecular complexity index is 608. The molecule has 0 heterocycles. The molecule has 1 aliphatic rings. The Morgan fingerprint density at radius 2 is 1.95 bits per heavy atom. The Balaban J connectivity index is 2.32. The van der Waals surface area contributed by atoms with Crippen LogP contribution >= 0.6 is 0 Å². The number of allylic oxidation sites excluding steroid dienone is 1. The Labute approximate surface area is 127 Å². The van der Waals surface area contributed by atoms with E-state index in [0.717, 1.165) is 24.8 Å². The molecule has 0 saturated heterocycles. The highest BCUT2D eigenvalue weighted by Gasteiger charge is 2.18. The lowest BCUT2D eigenvalue weighted by Gasteiger charge is -2.22. The summed E-state index contributed by atoms with van der Waals surface area (Å²) in [5.74, 6) is 5.74. The number of nitrogens with two attached hydrogens (primary N) is 1. The van der Waals surface area contributed by atoms with Crippen molar-refractivity contribution in [2.45, 2.75) is 49.5 Å². The summed E-state index contributed by atoms with van der Waals surface area (Å²) >= 11 is 0. The molecule has 1 unspecified atom stereocenters. The number of hydrogen-bond acceptors (Lipinski definition) is 4. The molecule has 21 heavy (non-hydrogen) atoms. The number of sulfone groups is 1. The summed E-state index contributed by atoms with van der Waals surface area (Å²) in [6.45, 7) is 0. The number of nitrogens with one attached hydrogen (secondary N) is 1. The topological polar surface area (TPSA) is 72.2 Å². The first-order valence-corrected chi connectivity index (χ1v) is 9.36. The Kier molecular flexibility index (Phi) is 5.56. The van der Waals surface area contributed by atoms with E-state index in [1.54, 1.807) is 18.2 Å². The highest BCUT2D eigenvalue weighted by Crippen LogP contribution is 2.29. The number of rotatable bonds is 4. The maximum absolute atomic E-state index is 11.7. The summed E-state index contributed by atoms with van der Waals surface area (Å²) in [6.07, 6.45) is 10.5. The first kappa shape index (κ1) is 16.2. The molecule has 0 aromatic heterocycles. The van der Waals surface area contributed by atoms with Crippen LogP contribution in [0.2, 0.25) is 0 Å². The molecule has 0 radical (unpaired) electrons. The van der Waals surface area contributed by atoms with E-state index in [1.165, 1.54) is 31.1 Å². The van der Waals surface area contributed by atoms with Gasteiger partial charge in [0, 0.05) is 6.26 Å². The molecule has 0 aliphatic heterocycles. The molecule has 1 atom stereocenters. The van der Waals surface area contributed by atoms with Crippen molar-refractivity contribution in [3.63, 3.8) is 0 Å². The van der Waals surface area contributed by atoms with Crippen LogP contribution in [0.4, 0.5) is 0 Å². The molecule has 3 N–H and O–H groups in total. The summed E-state index contributed by atoms with van der Waals surface area (Å²) in [7, 11) is -3.20. The van der Waals surface area contributed by atoms with Gasteiger partial charge in [-0.1, -0.05) is 36.6 Å². The van der Waals surface area contributed by atoms with E-state index in [9.17, 15) is 8.42 Å². The summed E-state index contributed by atoms with van der Waals surface area (Å²) in [4.78, 5) is 0.340. The van der Waals surface area contributed by atoms with E-state index in [0.29, 0.717) is 4.90 Å². The highest BCUT2D eigenvalue weighted by atomic mass is 32.2. The second-order valence-electron chi connectivity index (χ2n) is 5.68. The van der Waals surface area contributed by atoms with E-state index in [-0.39, 0.29) is 6.04 Å². The van der Waals surface area contributed by atoms with E-state index in [1.807, 2.05) is 6.07 Å². The first-order valence-electron chi connectivity index (χ1n) is 7.47.